The van der Waals surface area contributed by atoms with Gasteiger partial charge < -0.3 is 10.6 Å². The first kappa shape index (κ1) is 13.8. The summed E-state index contributed by atoms with van der Waals surface area (Å²) in [6.07, 6.45) is 2.37. The second kappa shape index (κ2) is 6.09. The first-order valence-electron chi connectivity index (χ1n) is 6.89. The molecule has 0 bridgehead atoms. The highest BCUT2D eigenvalue weighted by atomic mass is 127. The van der Waals surface area contributed by atoms with Crippen molar-refractivity contribution in [3.63, 3.8) is 0 Å². The van der Waals surface area contributed by atoms with Gasteiger partial charge in [0, 0.05) is 22.2 Å². The number of piperidine rings is 1. The molecule has 2 aromatic rings. The maximum Gasteiger partial charge on any atom is 0.245 e. The van der Waals surface area contributed by atoms with Crippen LogP contribution in [-0.2, 0) is 0 Å². The maximum absolute atomic E-state index is 5.78. The Bertz CT molecular complexity index is 582. The molecule has 1 aliphatic rings. The molecule has 0 spiro atoms. The van der Waals surface area contributed by atoms with Crippen molar-refractivity contribution < 1.29 is 0 Å². The highest BCUT2D eigenvalue weighted by Gasteiger charge is 2.21. The topological polar surface area (TPSA) is 70.8 Å². The Hall–Kier alpha value is -1.15. The summed E-state index contributed by atoms with van der Waals surface area (Å²) in [6.45, 7) is 2.71. The van der Waals surface area contributed by atoms with Crippen molar-refractivity contribution in [1.82, 2.24) is 15.2 Å². The Morgan fingerprint density at radius 2 is 2.35 bits per heavy atom. The number of nitrogens with zero attached hydrogens (tertiary/aromatic N) is 3. The van der Waals surface area contributed by atoms with Crippen LogP contribution >= 0.6 is 22.6 Å². The molecule has 1 unspecified atom stereocenters. The molecule has 6 heteroatoms. The molecule has 1 aromatic heterocycles. The van der Waals surface area contributed by atoms with E-state index in [2.05, 4.69) is 54.8 Å². The van der Waals surface area contributed by atoms with Gasteiger partial charge in [0.05, 0.1) is 0 Å². The van der Waals surface area contributed by atoms with Gasteiger partial charge in [-0.05, 0) is 60.0 Å². The fraction of sp³-hybridized carbons (Fsp3) is 0.429. The van der Waals surface area contributed by atoms with Crippen molar-refractivity contribution >= 4 is 28.5 Å². The molecule has 20 heavy (non-hydrogen) atoms. The molecule has 1 saturated heterocycles. The van der Waals surface area contributed by atoms with E-state index in [-0.39, 0.29) is 0 Å². The number of nitrogens with one attached hydrogen (secondary N) is 1. The van der Waals surface area contributed by atoms with Gasteiger partial charge in [-0.1, -0.05) is 12.1 Å². The van der Waals surface area contributed by atoms with Crippen molar-refractivity contribution in [3.8, 4) is 11.4 Å². The summed E-state index contributed by atoms with van der Waals surface area (Å²) in [6, 6.07) is 8.25. The number of anilines is 1. The van der Waals surface area contributed by atoms with Crippen LogP contribution in [0.4, 0.5) is 5.95 Å². The summed E-state index contributed by atoms with van der Waals surface area (Å²) >= 11 is 2.30. The molecule has 3 rings (SSSR count). The van der Waals surface area contributed by atoms with Crippen LogP contribution in [0.15, 0.2) is 24.3 Å². The monoisotopic (exact) mass is 383 g/mol. The standard InChI is InChI=1S/C14H18IN5/c15-12-5-1-4-11(7-12)13-17-14(19-18-13)20-6-2-3-10(8-16)9-20/h1,4-5,7,10H,2-3,6,8-9,16H2,(H,17,18,19). The average Bonchev–Trinajstić information content (AvgIpc) is 2.97. The van der Waals surface area contributed by atoms with Gasteiger partial charge in [0.25, 0.3) is 0 Å². The Labute approximate surface area is 132 Å². The van der Waals surface area contributed by atoms with Gasteiger partial charge in [-0.3, -0.25) is 5.10 Å². The lowest BCUT2D eigenvalue weighted by Crippen LogP contribution is -2.38. The Kier molecular flexibility index (Phi) is 4.21. The van der Waals surface area contributed by atoms with Crippen LogP contribution in [0.25, 0.3) is 11.4 Å². The Morgan fingerprint density at radius 3 is 3.15 bits per heavy atom. The summed E-state index contributed by atoms with van der Waals surface area (Å²) in [5, 5.41) is 7.40. The van der Waals surface area contributed by atoms with E-state index in [1.807, 2.05) is 12.1 Å². The zero-order chi connectivity index (χ0) is 13.9. The minimum Gasteiger partial charge on any atom is -0.339 e. The molecule has 1 aliphatic heterocycles. The number of hydrogen-bond donors (Lipinski definition) is 2. The second-order valence-corrected chi connectivity index (χ2v) is 6.43. The lowest BCUT2D eigenvalue weighted by molar-refractivity contribution is 0.420. The summed E-state index contributed by atoms with van der Waals surface area (Å²) < 4.78 is 1.19. The molecule has 2 heterocycles. The van der Waals surface area contributed by atoms with E-state index in [1.165, 1.54) is 9.99 Å². The normalized spacial score (nSPS) is 19.3. The number of aromatic nitrogens is 3. The van der Waals surface area contributed by atoms with E-state index < -0.39 is 0 Å². The average molecular weight is 383 g/mol. The number of benzene rings is 1. The Morgan fingerprint density at radius 1 is 1.45 bits per heavy atom. The molecule has 1 aromatic carbocycles. The van der Waals surface area contributed by atoms with Gasteiger partial charge in [0.1, 0.15) is 0 Å². The molecule has 1 atom stereocenters. The number of H-pyrrole nitrogens is 1. The van der Waals surface area contributed by atoms with Crippen LogP contribution in [0, 0.1) is 9.49 Å². The molecule has 106 valence electrons. The van der Waals surface area contributed by atoms with Gasteiger partial charge in [-0.15, -0.1) is 5.10 Å². The molecule has 3 N–H and O–H groups in total. The van der Waals surface area contributed by atoms with E-state index >= 15 is 0 Å². The third-order valence-corrected chi connectivity index (χ3v) is 4.38. The lowest BCUT2D eigenvalue weighted by Gasteiger charge is -2.31. The van der Waals surface area contributed by atoms with Crippen molar-refractivity contribution in [3.05, 3.63) is 27.8 Å². The van der Waals surface area contributed by atoms with Gasteiger partial charge in [-0.25, -0.2) is 0 Å². The first-order chi connectivity index (χ1) is 9.76. The highest BCUT2D eigenvalue weighted by molar-refractivity contribution is 14.1. The summed E-state index contributed by atoms with van der Waals surface area (Å²) in [5.41, 5.74) is 6.85. The highest BCUT2D eigenvalue weighted by Crippen LogP contribution is 2.23. The summed E-state index contributed by atoms with van der Waals surface area (Å²) in [5.74, 6) is 2.17. The van der Waals surface area contributed by atoms with Crippen molar-refractivity contribution in [1.29, 1.82) is 0 Å². The quantitative estimate of drug-likeness (QED) is 0.798. The van der Waals surface area contributed by atoms with Gasteiger partial charge >= 0.3 is 0 Å². The fourth-order valence-corrected chi connectivity index (χ4v) is 3.14. The largest absolute Gasteiger partial charge is 0.339 e. The van der Waals surface area contributed by atoms with Gasteiger partial charge in [0.15, 0.2) is 5.82 Å². The minimum atomic E-state index is 0.559. The van der Waals surface area contributed by atoms with Crippen LogP contribution in [0.1, 0.15) is 12.8 Å². The van der Waals surface area contributed by atoms with E-state index in [0.717, 1.165) is 43.4 Å². The van der Waals surface area contributed by atoms with E-state index in [4.69, 9.17) is 5.73 Å². The van der Waals surface area contributed by atoms with Crippen molar-refractivity contribution in [2.24, 2.45) is 11.7 Å². The third-order valence-electron chi connectivity index (χ3n) is 3.71. The Balaban J connectivity index is 1.80. The predicted octanol–water partition coefficient (Wildman–Crippen LogP) is 2.25. The van der Waals surface area contributed by atoms with Crippen LogP contribution in [0.3, 0.4) is 0 Å². The van der Waals surface area contributed by atoms with Gasteiger partial charge in [-0.2, -0.15) is 4.98 Å². The van der Waals surface area contributed by atoms with Crippen LogP contribution in [0.2, 0.25) is 0 Å². The smallest absolute Gasteiger partial charge is 0.245 e. The molecular formula is C14H18IN5. The molecule has 0 amide bonds. The first-order valence-corrected chi connectivity index (χ1v) is 7.97. The van der Waals surface area contributed by atoms with Crippen LogP contribution in [0.5, 0.6) is 0 Å². The number of halogens is 1. The molecule has 0 radical (unpaired) electrons. The maximum atomic E-state index is 5.78. The van der Waals surface area contributed by atoms with E-state index in [1.54, 1.807) is 0 Å². The predicted molar refractivity (Wildman–Crippen MR) is 88.5 cm³/mol. The SMILES string of the molecule is NCC1CCCN(c2n[nH]c(-c3cccc(I)c3)n2)C1. The third kappa shape index (κ3) is 2.95. The minimum absolute atomic E-state index is 0.559. The summed E-state index contributed by atoms with van der Waals surface area (Å²) in [4.78, 5) is 6.86. The zero-order valence-corrected chi connectivity index (χ0v) is 13.4. The molecular weight excluding hydrogens is 365 g/mol. The molecule has 1 fully saturated rings. The second-order valence-electron chi connectivity index (χ2n) is 5.18. The molecule has 5 nitrogen and oxygen atoms in total. The number of hydrogen-bond acceptors (Lipinski definition) is 4. The van der Waals surface area contributed by atoms with Crippen molar-refractivity contribution in [2.45, 2.75) is 12.8 Å². The van der Waals surface area contributed by atoms with Crippen LogP contribution in [-0.4, -0.2) is 34.8 Å². The van der Waals surface area contributed by atoms with Gasteiger partial charge in [0.2, 0.25) is 5.95 Å². The molecule has 0 saturated carbocycles. The summed E-state index contributed by atoms with van der Waals surface area (Å²) in [7, 11) is 0. The number of aromatic amines is 1. The van der Waals surface area contributed by atoms with E-state index in [9.17, 15) is 0 Å². The fourth-order valence-electron chi connectivity index (χ4n) is 2.60. The van der Waals surface area contributed by atoms with Crippen LogP contribution < -0.4 is 10.6 Å². The number of nitrogens with two attached hydrogens (primary N) is 1. The number of rotatable bonds is 3. The molecule has 0 aliphatic carbocycles. The van der Waals surface area contributed by atoms with Crippen molar-refractivity contribution in [2.75, 3.05) is 24.5 Å². The lowest BCUT2D eigenvalue weighted by atomic mass is 9.99. The zero-order valence-electron chi connectivity index (χ0n) is 11.2. The van der Waals surface area contributed by atoms with E-state index in [0.29, 0.717) is 5.92 Å².